The lowest BCUT2D eigenvalue weighted by molar-refractivity contribution is -0.116. The minimum atomic E-state index is -0.273. The van der Waals surface area contributed by atoms with Gasteiger partial charge < -0.3 is 9.88 Å². The molecule has 5 heteroatoms. The molecule has 0 atom stereocenters. The van der Waals surface area contributed by atoms with Crippen LogP contribution in [0.3, 0.4) is 0 Å². The third-order valence-electron chi connectivity index (χ3n) is 2.32. The maximum absolute atomic E-state index is 11.7. The Hall–Kier alpha value is -2.07. The minimum Gasteiger partial charge on any atom is -0.324 e. The van der Waals surface area contributed by atoms with E-state index >= 15 is 0 Å². The van der Waals surface area contributed by atoms with E-state index in [-0.39, 0.29) is 18.0 Å². The zero-order valence-corrected chi connectivity index (χ0v) is 10.2. The molecule has 1 heterocycles. The van der Waals surface area contributed by atoms with E-state index in [0.717, 1.165) is 0 Å². The lowest BCUT2D eigenvalue weighted by Crippen LogP contribution is -2.26. The van der Waals surface area contributed by atoms with Gasteiger partial charge in [-0.1, -0.05) is 23.7 Å². The monoisotopic (exact) mass is 262 g/mol. The fourth-order valence-electron chi connectivity index (χ4n) is 1.51. The summed E-state index contributed by atoms with van der Waals surface area (Å²) in [5, 5.41) is 3.22. The molecule has 0 fully saturated rings. The third kappa shape index (κ3) is 3.21. The van der Waals surface area contributed by atoms with Crippen LogP contribution in [-0.4, -0.2) is 10.5 Å². The lowest BCUT2D eigenvalue weighted by Gasteiger charge is -2.07. The van der Waals surface area contributed by atoms with Gasteiger partial charge in [0.2, 0.25) is 5.91 Å². The van der Waals surface area contributed by atoms with Crippen LogP contribution in [0.5, 0.6) is 0 Å². The van der Waals surface area contributed by atoms with Crippen molar-refractivity contribution in [2.45, 2.75) is 6.54 Å². The lowest BCUT2D eigenvalue weighted by atomic mass is 10.3. The van der Waals surface area contributed by atoms with Gasteiger partial charge in [-0.05, 0) is 24.3 Å². The van der Waals surface area contributed by atoms with E-state index in [2.05, 4.69) is 5.32 Å². The van der Waals surface area contributed by atoms with Crippen molar-refractivity contribution in [3.63, 3.8) is 0 Å². The summed E-state index contributed by atoms with van der Waals surface area (Å²) in [6.07, 6.45) is 1.57. The van der Waals surface area contributed by atoms with Crippen molar-refractivity contribution in [3.8, 4) is 0 Å². The topological polar surface area (TPSA) is 51.1 Å². The molecule has 0 saturated carbocycles. The SMILES string of the molecule is O=C(Cn1ccccc1=O)Nc1cccc(Cl)c1. The first kappa shape index (κ1) is 12.4. The smallest absolute Gasteiger partial charge is 0.250 e. The number of hydrogen-bond donors (Lipinski definition) is 1. The van der Waals surface area contributed by atoms with Crippen LogP contribution < -0.4 is 10.9 Å². The van der Waals surface area contributed by atoms with E-state index in [1.54, 1.807) is 42.6 Å². The van der Waals surface area contributed by atoms with E-state index in [1.807, 2.05) is 0 Å². The predicted molar refractivity (Wildman–Crippen MR) is 70.8 cm³/mol. The van der Waals surface area contributed by atoms with Crippen molar-refractivity contribution in [3.05, 3.63) is 64.0 Å². The summed E-state index contributed by atoms with van der Waals surface area (Å²) in [7, 11) is 0. The summed E-state index contributed by atoms with van der Waals surface area (Å²) in [4.78, 5) is 23.2. The molecule has 0 spiro atoms. The molecule has 0 radical (unpaired) electrons. The van der Waals surface area contributed by atoms with Gasteiger partial charge in [0.1, 0.15) is 6.54 Å². The van der Waals surface area contributed by atoms with Gasteiger partial charge in [0.05, 0.1) is 0 Å². The van der Waals surface area contributed by atoms with E-state index in [1.165, 1.54) is 10.6 Å². The summed E-state index contributed by atoms with van der Waals surface area (Å²) >= 11 is 5.81. The summed E-state index contributed by atoms with van der Waals surface area (Å²) in [5.41, 5.74) is 0.398. The summed E-state index contributed by atoms with van der Waals surface area (Å²) in [6.45, 7) is -0.0216. The number of amides is 1. The number of anilines is 1. The predicted octanol–water partition coefficient (Wildman–Crippen LogP) is 2.14. The second-order valence-electron chi connectivity index (χ2n) is 3.73. The Balaban J connectivity index is 2.06. The number of hydrogen-bond acceptors (Lipinski definition) is 2. The van der Waals surface area contributed by atoms with Crippen LogP contribution in [0, 0.1) is 0 Å². The van der Waals surface area contributed by atoms with Crippen molar-refractivity contribution >= 4 is 23.2 Å². The summed E-state index contributed by atoms with van der Waals surface area (Å²) in [5.74, 6) is -0.273. The Morgan fingerprint density at radius 2 is 2.06 bits per heavy atom. The first-order valence-electron chi connectivity index (χ1n) is 5.36. The van der Waals surface area contributed by atoms with Crippen LogP contribution in [0.15, 0.2) is 53.5 Å². The van der Waals surface area contributed by atoms with Gasteiger partial charge >= 0.3 is 0 Å². The number of carbonyl (C=O) groups excluding carboxylic acids is 1. The molecule has 2 aromatic rings. The van der Waals surface area contributed by atoms with Gasteiger partial charge in [0.25, 0.3) is 5.56 Å². The highest BCUT2D eigenvalue weighted by molar-refractivity contribution is 6.30. The van der Waals surface area contributed by atoms with Crippen molar-refractivity contribution in [1.29, 1.82) is 0 Å². The molecule has 0 unspecified atom stereocenters. The van der Waals surface area contributed by atoms with Crippen molar-refractivity contribution in [2.75, 3.05) is 5.32 Å². The molecular weight excluding hydrogens is 252 g/mol. The quantitative estimate of drug-likeness (QED) is 0.921. The highest BCUT2D eigenvalue weighted by atomic mass is 35.5. The highest BCUT2D eigenvalue weighted by Gasteiger charge is 2.04. The van der Waals surface area contributed by atoms with Crippen LogP contribution >= 0.6 is 11.6 Å². The van der Waals surface area contributed by atoms with Gasteiger partial charge in [-0.2, -0.15) is 0 Å². The van der Waals surface area contributed by atoms with Gasteiger partial charge in [-0.3, -0.25) is 9.59 Å². The van der Waals surface area contributed by atoms with Gasteiger partial charge in [0.15, 0.2) is 0 Å². The van der Waals surface area contributed by atoms with Gasteiger partial charge in [-0.25, -0.2) is 0 Å². The average molecular weight is 263 g/mol. The van der Waals surface area contributed by atoms with Crippen LogP contribution in [0.4, 0.5) is 5.69 Å². The number of benzene rings is 1. The molecule has 0 bridgehead atoms. The zero-order chi connectivity index (χ0) is 13.0. The summed E-state index contributed by atoms with van der Waals surface area (Å²) < 4.78 is 1.33. The molecule has 18 heavy (non-hydrogen) atoms. The van der Waals surface area contributed by atoms with Gasteiger partial charge in [0, 0.05) is 23.0 Å². The molecule has 2 rings (SSSR count). The van der Waals surface area contributed by atoms with Crippen molar-refractivity contribution in [1.82, 2.24) is 4.57 Å². The Bertz CT molecular complexity index is 622. The first-order chi connectivity index (χ1) is 8.65. The van der Waals surface area contributed by atoms with Gasteiger partial charge in [-0.15, -0.1) is 0 Å². The molecule has 92 valence electrons. The first-order valence-corrected chi connectivity index (χ1v) is 5.74. The maximum atomic E-state index is 11.7. The molecule has 4 nitrogen and oxygen atoms in total. The Labute approximate surface area is 109 Å². The highest BCUT2D eigenvalue weighted by Crippen LogP contribution is 2.14. The van der Waals surface area contributed by atoms with Crippen LogP contribution in [0.25, 0.3) is 0 Å². The molecular formula is C13H11ClN2O2. The van der Waals surface area contributed by atoms with Crippen LogP contribution in [0.2, 0.25) is 5.02 Å². The minimum absolute atomic E-state index is 0.0216. The molecule has 0 aliphatic rings. The molecule has 1 aromatic carbocycles. The van der Waals surface area contributed by atoms with E-state index in [4.69, 9.17) is 11.6 Å². The molecule has 1 N–H and O–H groups in total. The zero-order valence-electron chi connectivity index (χ0n) is 9.47. The Kier molecular flexibility index (Phi) is 3.79. The number of rotatable bonds is 3. The number of aromatic nitrogens is 1. The average Bonchev–Trinajstić information content (AvgIpc) is 2.32. The van der Waals surface area contributed by atoms with Crippen LogP contribution in [-0.2, 0) is 11.3 Å². The molecule has 1 amide bonds. The number of nitrogens with one attached hydrogen (secondary N) is 1. The van der Waals surface area contributed by atoms with Crippen molar-refractivity contribution < 1.29 is 4.79 Å². The van der Waals surface area contributed by atoms with E-state index in [9.17, 15) is 9.59 Å². The molecule has 0 aliphatic carbocycles. The third-order valence-corrected chi connectivity index (χ3v) is 2.56. The number of carbonyl (C=O) groups is 1. The molecule has 1 aromatic heterocycles. The van der Waals surface area contributed by atoms with Crippen LogP contribution in [0.1, 0.15) is 0 Å². The van der Waals surface area contributed by atoms with Crippen molar-refractivity contribution in [2.24, 2.45) is 0 Å². The standard InChI is InChI=1S/C13H11ClN2O2/c14-10-4-3-5-11(8-10)15-12(17)9-16-7-2-1-6-13(16)18/h1-8H,9H2,(H,15,17). The van der Waals surface area contributed by atoms with E-state index in [0.29, 0.717) is 10.7 Å². The number of halogens is 1. The molecule has 0 saturated heterocycles. The fourth-order valence-corrected chi connectivity index (χ4v) is 1.70. The number of pyridine rings is 1. The molecule has 0 aliphatic heterocycles. The maximum Gasteiger partial charge on any atom is 0.250 e. The second kappa shape index (κ2) is 5.51. The fraction of sp³-hybridized carbons (Fsp3) is 0.0769. The Morgan fingerprint density at radius 1 is 1.22 bits per heavy atom. The second-order valence-corrected chi connectivity index (χ2v) is 4.16. The largest absolute Gasteiger partial charge is 0.324 e. The number of nitrogens with zero attached hydrogens (tertiary/aromatic N) is 1. The normalized spacial score (nSPS) is 10.1. The Morgan fingerprint density at radius 3 is 2.78 bits per heavy atom. The summed E-state index contributed by atoms with van der Waals surface area (Å²) in [6, 6.07) is 11.6. The van der Waals surface area contributed by atoms with E-state index < -0.39 is 0 Å².